The van der Waals surface area contributed by atoms with Crippen LogP contribution in [0.5, 0.6) is 0 Å². The van der Waals surface area contributed by atoms with Crippen LogP contribution in [0.15, 0.2) is 0 Å². The Bertz CT molecular complexity index is 548. The lowest BCUT2D eigenvalue weighted by Gasteiger charge is -2.26. The number of carbonyl (C=O) groups is 1. The third-order valence-corrected chi connectivity index (χ3v) is 6.62. The van der Waals surface area contributed by atoms with Crippen molar-refractivity contribution >= 4 is 23.2 Å². The molecule has 0 aromatic heterocycles. The predicted molar refractivity (Wildman–Crippen MR) is 100 cm³/mol. The average Bonchev–Trinajstić information content (AvgIpc) is 2.92. The summed E-state index contributed by atoms with van der Waals surface area (Å²) in [5.41, 5.74) is 11.5. The fourth-order valence-corrected chi connectivity index (χ4v) is 4.69. The van der Waals surface area contributed by atoms with Crippen molar-refractivity contribution in [2.75, 3.05) is 32.7 Å². The quantitative estimate of drug-likeness (QED) is 0.243. The molecular formula is C14H32BN5O5S. The number of hydrogen-bond acceptors (Lipinski definition) is 7. The van der Waals surface area contributed by atoms with Crippen molar-refractivity contribution < 1.29 is 23.3 Å². The minimum atomic E-state index is -3.67. The molecule has 3 atom stereocenters. The zero-order chi connectivity index (χ0) is 19.9. The second kappa shape index (κ2) is 10.5. The fourth-order valence-electron chi connectivity index (χ4n) is 2.98. The van der Waals surface area contributed by atoms with Crippen molar-refractivity contribution in [2.45, 2.75) is 45.1 Å². The number of hydrogen-bond donors (Lipinski definition) is 5. The molecule has 1 rings (SSSR count). The van der Waals surface area contributed by atoms with E-state index < -0.39 is 23.4 Å². The van der Waals surface area contributed by atoms with Crippen molar-refractivity contribution in [2.24, 2.45) is 17.4 Å². The molecule has 0 aliphatic carbocycles. The van der Waals surface area contributed by atoms with Gasteiger partial charge >= 0.3 is 7.12 Å². The maximum atomic E-state index is 12.8. The summed E-state index contributed by atoms with van der Waals surface area (Å²) in [6.45, 7) is 4.47. The number of nitrogens with one attached hydrogen (secondary N) is 1. The maximum Gasteiger partial charge on any atom is 0.451 e. The average molecular weight is 393 g/mol. The summed E-state index contributed by atoms with van der Waals surface area (Å²) in [7, 11) is -5.02. The van der Waals surface area contributed by atoms with E-state index in [2.05, 4.69) is 5.32 Å². The third-order valence-electron chi connectivity index (χ3n) is 4.57. The molecule has 152 valence electrons. The summed E-state index contributed by atoms with van der Waals surface area (Å²) < 4.78 is 28.3. The monoisotopic (exact) mass is 393 g/mol. The van der Waals surface area contributed by atoms with E-state index in [0.717, 1.165) is 0 Å². The highest BCUT2D eigenvalue weighted by atomic mass is 32.2. The van der Waals surface area contributed by atoms with Gasteiger partial charge in [0.05, 0.1) is 6.04 Å². The van der Waals surface area contributed by atoms with Gasteiger partial charge in [0.15, 0.2) is 0 Å². The van der Waals surface area contributed by atoms with E-state index in [4.69, 9.17) is 21.5 Å². The zero-order valence-corrected chi connectivity index (χ0v) is 16.4. The van der Waals surface area contributed by atoms with Gasteiger partial charge in [0.25, 0.3) is 10.2 Å². The van der Waals surface area contributed by atoms with E-state index in [-0.39, 0.29) is 50.4 Å². The van der Waals surface area contributed by atoms with Gasteiger partial charge in [-0.3, -0.25) is 4.79 Å². The Hall–Kier alpha value is -0.755. The Morgan fingerprint density at radius 1 is 1.42 bits per heavy atom. The highest BCUT2D eigenvalue weighted by molar-refractivity contribution is 7.86. The van der Waals surface area contributed by atoms with Crippen LogP contribution >= 0.6 is 0 Å². The van der Waals surface area contributed by atoms with Crippen molar-refractivity contribution in [3.8, 4) is 0 Å². The molecule has 1 aliphatic rings. The summed E-state index contributed by atoms with van der Waals surface area (Å²) in [5, 5.41) is 20.4. The van der Waals surface area contributed by atoms with E-state index in [1.807, 2.05) is 0 Å². The van der Waals surface area contributed by atoms with Gasteiger partial charge in [-0.05, 0) is 25.6 Å². The number of amides is 1. The molecule has 26 heavy (non-hydrogen) atoms. The van der Waals surface area contributed by atoms with E-state index in [1.165, 1.54) is 8.61 Å². The molecule has 7 N–H and O–H groups in total. The van der Waals surface area contributed by atoms with Crippen LogP contribution in [0.1, 0.15) is 26.7 Å². The zero-order valence-electron chi connectivity index (χ0n) is 15.5. The van der Waals surface area contributed by atoms with Gasteiger partial charge in [0.2, 0.25) is 5.91 Å². The molecule has 0 aromatic rings. The molecule has 12 heteroatoms. The summed E-state index contributed by atoms with van der Waals surface area (Å²) in [6, 6.07) is -0.923. The summed E-state index contributed by atoms with van der Waals surface area (Å²) in [6.07, 6.45) is 1.46. The lowest BCUT2D eigenvalue weighted by molar-refractivity contribution is -0.121. The molecule has 0 spiro atoms. The Morgan fingerprint density at radius 3 is 2.62 bits per heavy atom. The minimum absolute atomic E-state index is 0.0139. The Labute approximate surface area is 156 Å². The number of carbonyl (C=O) groups excluding carboxylic acids is 1. The van der Waals surface area contributed by atoms with Crippen LogP contribution in [0.2, 0.25) is 6.32 Å². The first-order valence-electron chi connectivity index (χ1n) is 8.99. The van der Waals surface area contributed by atoms with Gasteiger partial charge < -0.3 is 26.8 Å². The molecular weight excluding hydrogens is 361 g/mol. The number of nitrogens with two attached hydrogens (primary N) is 2. The van der Waals surface area contributed by atoms with E-state index >= 15 is 0 Å². The molecule has 0 saturated carbocycles. The SMILES string of the molecule is CCN(CCNC(=O)[C@H](C)N)S(=O)(=O)N1C[C@H](CCCB(O)O)[C@@H](N)C1. The molecule has 1 fully saturated rings. The van der Waals surface area contributed by atoms with Crippen molar-refractivity contribution in [1.82, 2.24) is 13.9 Å². The minimum Gasteiger partial charge on any atom is -0.427 e. The van der Waals surface area contributed by atoms with Gasteiger partial charge in [-0.1, -0.05) is 13.3 Å². The van der Waals surface area contributed by atoms with Crippen molar-refractivity contribution in [3.63, 3.8) is 0 Å². The molecule has 1 saturated heterocycles. The summed E-state index contributed by atoms with van der Waals surface area (Å²) in [4.78, 5) is 11.5. The molecule has 1 amide bonds. The summed E-state index contributed by atoms with van der Waals surface area (Å²) >= 11 is 0. The smallest absolute Gasteiger partial charge is 0.427 e. The largest absolute Gasteiger partial charge is 0.451 e. The van der Waals surface area contributed by atoms with Gasteiger partial charge in [-0.25, -0.2) is 0 Å². The summed E-state index contributed by atoms with van der Waals surface area (Å²) in [5.74, 6) is -0.340. The van der Waals surface area contributed by atoms with Crippen LogP contribution < -0.4 is 16.8 Å². The number of rotatable bonds is 11. The van der Waals surface area contributed by atoms with Crippen LogP contribution in [0.25, 0.3) is 0 Å². The molecule has 1 heterocycles. The van der Waals surface area contributed by atoms with Gasteiger partial charge in [0.1, 0.15) is 0 Å². The second-order valence-electron chi connectivity index (χ2n) is 6.73. The van der Waals surface area contributed by atoms with E-state index in [9.17, 15) is 13.2 Å². The molecule has 0 aromatic carbocycles. The van der Waals surface area contributed by atoms with Crippen LogP contribution in [-0.4, -0.2) is 84.9 Å². The van der Waals surface area contributed by atoms with Gasteiger partial charge in [-0.2, -0.15) is 17.0 Å². The molecule has 1 aliphatic heterocycles. The lowest BCUT2D eigenvalue weighted by Crippen LogP contribution is -2.47. The first-order chi connectivity index (χ1) is 12.1. The predicted octanol–water partition coefficient (Wildman–Crippen LogP) is -2.47. The standard InChI is InChI=1S/C14H32BN5O5S/c1-3-19(8-7-18-14(21)11(2)16)26(24,25)20-9-12(13(17)10-20)5-4-6-15(22)23/h11-13,22-23H,3-10,16-17H2,1-2H3,(H,18,21)/t11-,12-,13-/m0/s1. The number of likely N-dealkylation sites (N-methyl/N-ethyl adjacent to an activating group) is 1. The van der Waals surface area contributed by atoms with E-state index in [0.29, 0.717) is 19.4 Å². The third kappa shape index (κ3) is 6.76. The molecule has 0 radical (unpaired) electrons. The highest BCUT2D eigenvalue weighted by Crippen LogP contribution is 2.25. The topological polar surface area (TPSA) is 162 Å². The number of nitrogens with zero attached hydrogens (tertiary/aromatic N) is 2. The molecule has 10 nitrogen and oxygen atoms in total. The van der Waals surface area contributed by atoms with Gasteiger partial charge in [0, 0.05) is 38.8 Å². The highest BCUT2D eigenvalue weighted by Gasteiger charge is 2.39. The van der Waals surface area contributed by atoms with E-state index in [1.54, 1.807) is 13.8 Å². The van der Waals surface area contributed by atoms with Gasteiger partial charge in [-0.15, -0.1) is 0 Å². The van der Waals surface area contributed by atoms with Crippen LogP contribution in [-0.2, 0) is 15.0 Å². The Morgan fingerprint density at radius 2 is 2.08 bits per heavy atom. The fraction of sp³-hybridized carbons (Fsp3) is 0.929. The normalized spacial score (nSPS) is 22.6. The van der Waals surface area contributed by atoms with Crippen molar-refractivity contribution in [1.29, 1.82) is 0 Å². The van der Waals surface area contributed by atoms with Crippen LogP contribution in [0.4, 0.5) is 0 Å². The lowest BCUT2D eigenvalue weighted by atomic mass is 9.82. The molecule has 0 bridgehead atoms. The van der Waals surface area contributed by atoms with Crippen LogP contribution in [0.3, 0.4) is 0 Å². The van der Waals surface area contributed by atoms with Crippen LogP contribution in [0, 0.1) is 5.92 Å². The maximum absolute atomic E-state index is 12.8. The second-order valence-corrected chi connectivity index (χ2v) is 8.66. The Kier molecular flexibility index (Phi) is 9.44. The first-order valence-corrected chi connectivity index (χ1v) is 10.4. The Balaban J connectivity index is 2.59. The van der Waals surface area contributed by atoms with Crippen molar-refractivity contribution in [3.05, 3.63) is 0 Å². The first kappa shape index (κ1) is 23.3. The molecule has 0 unspecified atom stereocenters.